The number of nitrogens with zero attached hydrogens (tertiary/aromatic N) is 7. The maximum atomic E-state index is 12.6. The number of methoxy groups -OCH3 is 1. The van der Waals surface area contributed by atoms with Crippen molar-refractivity contribution < 1.29 is 23.7 Å². The molecule has 0 radical (unpaired) electrons. The SMILES string of the molecule is COCOc1cc(-c2cnn(C3CCCCO3)c2)ccc1-c1cnc2c(cnn2C2CCN(C(=O)OCc3ccccc3)CC2)n1. The first-order valence-corrected chi connectivity index (χ1v) is 15.7. The summed E-state index contributed by atoms with van der Waals surface area (Å²) in [5.41, 5.74) is 5.79. The first kappa shape index (κ1) is 29.9. The quantitative estimate of drug-likeness (QED) is 0.182. The molecule has 0 N–H and O–H groups in total. The first-order valence-electron chi connectivity index (χ1n) is 15.7. The molecule has 0 bridgehead atoms. The standard InChI is InChI=1S/C34H37N7O5/c1-43-23-46-31-17-25(26-18-36-40(21-26)32-9-5-6-16-44-32)10-11-28(31)29-19-35-33-30(38-29)20-37-41(33)27-12-14-39(15-13-27)34(42)45-22-24-7-3-2-4-8-24/h2-4,7-8,10-11,17-21,27,32H,5-6,9,12-16,22-23H2,1H3. The van der Waals surface area contributed by atoms with Gasteiger partial charge in [0, 0.05) is 44.1 Å². The summed E-state index contributed by atoms with van der Waals surface area (Å²) in [5, 5.41) is 9.22. The zero-order chi connectivity index (χ0) is 31.3. The average Bonchev–Trinajstić information content (AvgIpc) is 3.79. The number of ether oxygens (including phenoxy) is 4. The van der Waals surface area contributed by atoms with Crippen LogP contribution in [0.5, 0.6) is 5.75 Å². The van der Waals surface area contributed by atoms with Gasteiger partial charge >= 0.3 is 6.09 Å². The molecular weight excluding hydrogens is 586 g/mol. The van der Waals surface area contributed by atoms with Crippen molar-refractivity contribution in [2.24, 2.45) is 0 Å². The van der Waals surface area contributed by atoms with Gasteiger partial charge in [0.15, 0.2) is 12.4 Å². The summed E-state index contributed by atoms with van der Waals surface area (Å²) in [7, 11) is 1.59. The lowest BCUT2D eigenvalue weighted by Crippen LogP contribution is -2.39. The van der Waals surface area contributed by atoms with Crippen LogP contribution in [0, 0.1) is 0 Å². The Labute approximate surface area is 266 Å². The van der Waals surface area contributed by atoms with Crippen LogP contribution in [0.25, 0.3) is 33.5 Å². The van der Waals surface area contributed by atoms with Crippen LogP contribution in [-0.4, -0.2) is 74.1 Å². The Hall–Kier alpha value is -4.81. The number of fused-ring (bicyclic) bond motifs is 1. The average molecular weight is 624 g/mol. The summed E-state index contributed by atoms with van der Waals surface area (Å²) in [6.45, 7) is 2.30. The Bertz CT molecular complexity index is 1780. The maximum Gasteiger partial charge on any atom is 0.410 e. The third-order valence-electron chi connectivity index (χ3n) is 8.55. The van der Waals surface area contributed by atoms with Gasteiger partial charge in [0.2, 0.25) is 0 Å². The fourth-order valence-corrected chi connectivity index (χ4v) is 6.06. The number of hydrogen-bond acceptors (Lipinski definition) is 9. The van der Waals surface area contributed by atoms with Crippen molar-refractivity contribution in [3.63, 3.8) is 0 Å². The molecule has 0 saturated carbocycles. The largest absolute Gasteiger partial charge is 0.467 e. The topological polar surface area (TPSA) is 119 Å². The van der Waals surface area contributed by atoms with E-state index >= 15 is 0 Å². The minimum Gasteiger partial charge on any atom is -0.467 e. The van der Waals surface area contributed by atoms with Gasteiger partial charge in [-0.3, -0.25) is 0 Å². The van der Waals surface area contributed by atoms with Crippen LogP contribution in [0.1, 0.15) is 49.9 Å². The molecule has 2 aromatic carbocycles. The molecule has 5 heterocycles. The molecule has 2 aliphatic heterocycles. The third kappa shape index (κ3) is 6.44. The number of likely N-dealkylation sites (tertiary alicyclic amines) is 1. The molecule has 12 nitrogen and oxygen atoms in total. The highest BCUT2D eigenvalue weighted by molar-refractivity contribution is 5.78. The van der Waals surface area contributed by atoms with Crippen LogP contribution in [0.15, 0.2) is 73.3 Å². The summed E-state index contributed by atoms with van der Waals surface area (Å²) in [5.74, 6) is 0.633. The van der Waals surface area contributed by atoms with Crippen LogP contribution >= 0.6 is 0 Å². The normalized spacial score (nSPS) is 17.3. The van der Waals surface area contributed by atoms with Gasteiger partial charge in [0.1, 0.15) is 24.1 Å². The third-order valence-corrected chi connectivity index (χ3v) is 8.55. The van der Waals surface area contributed by atoms with Gasteiger partial charge in [-0.2, -0.15) is 10.2 Å². The predicted octanol–water partition coefficient (Wildman–Crippen LogP) is 6.01. The molecule has 238 valence electrons. The van der Waals surface area contributed by atoms with E-state index in [0.717, 1.165) is 61.0 Å². The summed E-state index contributed by atoms with van der Waals surface area (Å²) >= 11 is 0. The van der Waals surface area contributed by atoms with E-state index in [-0.39, 0.29) is 31.8 Å². The molecule has 0 spiro atoms. The highest BCUT2D eigenvalue weighted by Crippen LogP contribution is 2.35. The van der Waals surface area contributed by atoms with Gasteiger partial charge in [0.05, 0.1) is 30.3 Å². The highest BCUT2D eigenvalue weighted by Gasteiger charge is 2.27. The Morgan fingerprint density at radius 1 is 0.978 bits per heavy atom. The lowest BCUT2D eigenvalue weighted by Gasteiger charge is -2.31. The van der Waals surface area contributed by atoms with Gasteiger partial charge in [-0.05, 0) is 55.4 Å². The minimum absolute atomic E-state index is 0.0251. The summed E-state index contributed by atoms with van der Waals surface area (Å²) in [4.78, 5) is 24.1. The molecule has 1 amide bonds. The van der Waals surface area contributed by atoms with Crippen LogP contribution < -0.4 is 4.74 Å². The second-order valence-corrected chi connectivity index (χ2v) is 11.6. The van der Waals surface area contributed by atoms with Crippen LogP contribution in [0.3, 0.4) is 0 Å². The Balaban J connectivity index is 1.05. The first-order chi connectivity index (χ1) is 22.7. The maximum absolute atomic E-state index is 12.6. The Kier molecular flexibility index (Phi) is 8.88. The number of hydrogen-bond donors (Lipinski definition) is 0. The van der Waals surface area contributed by atoms with Crippen LogP contribution in [0.4, 0.5) is 4.79 Å². The van der Waals surface area contributed by atoms with Gasteiger partial charge in [-0.15, -0.1) is 0 Å². The summed E-state index contributed by atoms with van der Waals surface area (Å²) < 4.78 is 26.5. The van der Waals surface area contributed by atoms with Crippen molar-refractivity contribution in [1.29, 1.82) is 0 Å². The van der Waals surface area contributed by atoms with E-state index in [1.807, 2.05) is 70.3 Å². The lowest BCUT2D eigenvalue weighted by atomic mass is 10.0. The zero-order valence-corrected chi connectivity index (χ0v) is 25.8. The number of aromatic nitrogens is 6. The van der Waals surface area contributed by atoms with Crippen molar-refractivity contribution >= 4 is 17.3 Å². The monoisotopic (exact) mass is 623 g/mol. The molecule has 2 aliphatic rings. The second-order valence-electron chi connectivity index (χ2n) is 11.6. The summed E-state index contributed by atoms with van der Waals surface area (Å²) in [6, 6.07) is 15.8. The molecule has 5 aromatic rings. The molecular formula is C34H37N7O5. The molecule has 1 atom stereocenters. The smallest absolute Gasteiger partial charge is 0.410 e. The van der Waals surface area contributed by atoms with Crippen LogP contribution in [0.2, 0.25) is 0 Å². The highest BCUT2D eigenvalue weighted by atomic mass is 16.7. The van der Waals surface area contributed by atoms with E-state index in [2.05, 4.69) is 10.2 Å². The number of carbonyl (C=O) groups is 1. The van der Waals surface area contributed by atoms with Crippen molar-refractivity contribution in [2.75, 3.05) is 33.6 Å². The lowest BCUT2D eigenvalue weighted by molar-refractivity contribution is -0.0394. The molecule has 1 unspecified atom stereocenters. The molecule has 12 heteroatoms. The fraction of sp³-hybridized carbons (Fsp3) is 0.382. The van der Waals surface area contributed by atoms with Crippen molar-refractivity contribution in [1.82, 2.24) is 34.4 Å². The molecule has 3 aromatic heterocycles. The van der Waals surface area contributed by atoms with E-state index < -0.39 is 0 Å². The van der Waals surface area contributed by atoms with Crippen molar-refractivity contribution in [3.05, 3.63) is 78.9 Å². The van der Waals surface area contributed by atoms with E-state index in [4.69, 9.17) is 28.9 Å². The second kappa shape index (κ2) is 13.7. The van der Waals surface area contributed by atoms with Gasteiger partial charge in [-0.1, -0.05) is 36.4 Å². The molecule has 2 saturated heterocycles. The van der Waals surface area contributed by atoms with E-state index in [1.54, 1.807) is 24.4 Å². The van der Waals surface area contributed by atoms with E-state index in [1.165, 1.54) is 0 Å². The van der Waals surface area contributed by atoms with Crippen molar-refractivity contribution in [3.8, 4) is 28.1 Å². The van der Waals surface area contributed by atoms with Gasteiger partial charge < -0.3 is 23.8 Å². The number of benzene rings is 2. The molecule has 46 heavy (non-hydrogen) atoms. The predicted molar refractivity (Wildman–Crippen MR) is 170 cm³/mol. The number of amides is 1. The van der Waals surface area contributed by atoms with Gasteiger partial charge in [0.25, 0.3) is 0 Å². The molecule has 0 aliphatic carbocycles. The Morgan fingerprint density at radius 2 is 1.85 bits per heavy atom. The minimum atomic E-state index is -0.290. The molecule has 2 fully saturated rings. The fourth-order valence-electron chi connectivity index (χ4n) is 6.06. The zero-order valence-electron chi connectivity index (χ0n) is 25.8. The van der Waals surface area contributed by atoms with E-state index in [9.17, 15) is 4.79 Å². The number of rotatable bonds is 9. The molecule has 7 rings (SSSR count). The van der Waals surface area contributed by atoms with E-state index in [0.29, 0.717) is 35.7 Å². The van der Waals surface area contributed by atoms with Crippen LogP contribution in [-0.2, 0) is 20.8 Å². The number of piperidine rings is 1. The number of carbonyl (C=O) groups excluding carboxylic acids is 1. The Morgan fingerprint density at radius 3 is 2.65 bits per heavy atom. The summed E-state index contributed by atoms with van der Waals surface area (Å²) in [6.07, 6.45) is 11.7. The van der Waals surface area contributed by atoms with Gasteiger partial charge in [-0.25, -0.2) is 24.1 Å². The van der Waals surface area contributed by atoms with Crippen molar-refractivity contribution in [2.45, 2.75) is 51.0 Å².